The first-order chi connectivity index (χ1) is 17.7. The molecule has 14 heteroatoms. The van der Waals surface area contributed by atoms with E-state index in [0.29, 0.717) is 51.4 Å². The van der Waals surface area contributed by atoms with Crippen molar-refractivity contribution in [3.05, 3.63) is 36.5 Å². The number of aromatic nitrogens is 2. The van der Waals surface area contributed by atoms with Crippen LogP contribution < -0.4 is 19.5 Å². The smallest absolute Gasteiger partial charge is 0.278 e. The minimum absolute atomic E-state index is 0.161. The fraction of sp³-hybridized carbons (Fsp3) is 0.565. The Balaban J connectivity index is 1.20. The van der Waals surface area contributed by atoms with Gasteiger partial charge in [-0.25, -0.2) is 26.5 Å². The van der Waals surface area contributed by atoms with Crippen LogP contribution in [0.15, 0.2) is 46.6 Å². The summed E-state index contributed by atoms with van der Waals surface area (Å²) >= 11 is 0. The van der Waals surface area contributed by atoms with E-state index >= 15 is 0 Å². The van der Waals surface area contributed by atoms with Gasteiger partial charge in [0.1, 0.15) is 5.75 Å². The second-order valence-electron chi connectivity index (χ2n) is 9.02. The van der Waals surface area contributed by atoms with Crippen LogP contribution in [0.2, 0.25) is 0 Å². The quantitative estimate of drug-likeness (QED) is 0.301. The van der Waals surface area contributed by atoms with Crippen LogP contribution in [0.5, 0.6) is 11.6 Å². The summed E-state index contributed by atoms with van der Waals surface area (Å²) in [6.07, 6.45) is 4.12. The fourth-order valence-corrected chi connectivity index (χ4v) is 6.61. The third-order valence-electron chi connectivity index (χ3n) is 6.64. The van der Waals surface area contributed by atoms with E-state index in [9.17, 15) is 16.8 Å². The van der Waals surface area contributed by atoms with Crippen molar-refractivity contribution in [1.82, 2.24) is 24.3 Å². The van der Waals surface area contributed by atoms with E-state index in [1.807, 2.05) is 0 Å². The molecule has 1 spiro atoms. The van der Waals surface area contributed by atoms with Crippen LogP contribution in [0.25, 0.3) is 0 Å². The molecule has 0 bridgehead atoms. The summed E-state index contributed by atoms with van der Waals surface area (Å²) < 4.78 is 70.4. The molecular weight excluding hydrogens is 522 g/mol. The van der Waals surface area contributed by atoms with Gasteiger partial charge in [0.15, 0.2) is 0 Å². The summed E-state index contributed by atoms with van der Waals surface area (Å²) in [5, 5.41) is 3.23. The topological polar surface area (TPSA) is 149 Å². The number of methoxy groups -OCH3 is 1. The first-order valence-corrected chi connectivity index (χ1v) is 15.0. The Hall–Kier alpha value is -2.36. The molecule has 12 nitrogen and oxygen atoms in total. The van der Waals surface area contributed by atoms with Crippen molar-refractivity contribution >= 4 is 20.0 Å². The second-order valence-corrected chi connectivity index (χ2v) is 12.7. The van der Waals surface area contributed by atoms with Gasteiger partial charge in [-0.1, -0.05) is 6.07 Å². The zero-order valence-electron chi connectivity index (χ0n) is 20.9. The fourth-order valence-electron chi connectivity index (χ4n) is 4.55. The lowest BCUT2D eigenvalue weighted by molar-refractivity contribution is -0.0312. The monoisotopic (exact) mass is 555 g/mol. The molecule has 1 aromatic heterocycles. The molecule has 2 fully saturated rings. The Kier molecular flexibility index (Phi) is 8.66. The zero-order chi connectivity index (χ0) is 26.5. The predicted molar refractivity (Wildman–Crippen MR) is 134 cm³/mol. The maximum absolute atomic E-state index is 13.0. The van der Waals surface area contributed by atoms with Gasteiger partial charge in [0.25, 0.3) is 15.2 Å². The molecule has 37 heavy (non-hydrogen) atoms. The number of nitrogens with one attached hydrogen (secondary N) is 2. The van der Waals surface area contributed by atoms with Crippen LogP contribution in [-0.4, -0.2) is 89.8 Å². The molecule has 2 aromatic rings. The molecule has 4 rings (SSSR count). The Morgan fingerprint density at radius 2 is 1.97 bits per heavy atom. The van der Waals surface area contributed by atoms with Crippen molar-refractivity contribution in [3.63, 3.8) is 0 Å². The van der Waals surface area contributed by atoms with Crippen LogP contribution in [-0.2, 0) is 24.8 Å². The van der Waals surface area contributed by atoms with Crippen LogP contribution in [0.1, 0.15) is 25.7 Å². The van der Waals surface area contributed by atoms with Crippen molar-refractivity contribution in [3.8, 4) is 11.6 Å². The minimum atomic E-state index is -3.80. The van der Waals surface area contributed by atoms with E-state index < -0.39 is 20.0 Å². The zero-order valence-corrected chi connectivity index (χ0v) is 22.6. The molecule has 0 radical (unpaired) electrons. The number of rotatable bonds is 11. The average molecular weight is 556 g/mol. The van der Waals surface area contributed by atoms with Crippen molar-refractivity contribution in [2.75, 3.05) is 47.0 Å². The lowest BCUT2D eigenvalue weighted by atomic mass is 9.88. The third kappa shape index (κ3) is 6.56. The van der Waals surface area contributed by atoms with Crippen LogP contribution in [0.3, 0.4) is 0 Å². The summed E-state index contributed by atoms with van der Waals surface area (Å²) in [4.78, 5) is 8.06. The molecule has 2 saturated heterocycles. The standard InChI is InChI=1S/C23H33N5O7S2/c1-24-36(29,30)20-6-3-5-19(15-20)34-14-4-10-25-18-16-23(35-17-18)8-12-28(13-9-23)37(31,32)22-26-11-7-21(27-22)33-2/h3,5-7,11,15,18,24-25H,4,8-10,12-14,16-17H2,1-2H3/t18-/m1/s1. The average Bonchev–Trinajstić information content (AvgIpc) is 3.30. The van der Waals surface area contributed by atoms with E-state index in [-0.39, 0.29) is 27.6 Å². The van der Waals surface area contributed by atoms with Gasteiger partial charge in [-0.15, -0.1) is 0 Å². The Morgan fingerprint density at radius 1 is 1.19 bits per heavy atom. The highest BCUT2D eigenvalue weighted by Crippen LogP contribution is 2.37. The molecule has 0 amide bonds. The van der Waals surface area contributed by atoms with Gasteiger partial charge in [0.2, 0.25) is 15.9 Å². The van der Waals surface area contributed by atoms with Gasteiger partial charge in [0.05, 0.1) is 30.8 Å². The summed E-state index contributed by atoms with van der Waals surface area (Å²) in [5.41, 5.74) is -0.339. The highest BCUT2D eigenvalue weighted by Gasteiger charge is 2.45. The Morgan fingerprint density at radius 3 is 2.70 bits per heavy atom. The number of benzene rings is 1. The van der Waals surface area contributed by atoms with Crippen molar-refractivity contribution in [1.29, 1.82) is 0 Å². The van der Waals surface area contributed by atoms with E-state index in [4.69, 9.17) is 14.2 Å². The lowest BCUT2D eigenvalue weighted by Gasteiger charge is -2.37. The lowest BCUT2D eigenvalue weighted by Crippen LogP contribution is -2.47. The Labute approximate surface area is 217 Å². The largest absolute Gasteiger partial charge is 0.494 e. The first kappa shape index (κ1) is 27.7. The van der Waals surface area contributed by atoms with Crippen LogP contribution >= 0.6 is 0 Å². The normalized spacial score (nSPS) is 20.2. The maximum atomic E-state index is 13.0. The summed E-state index contributed by atoms with van der Waals surface area (Å²) in [5.74, 6) is 0.705. The van der Waals surface area contributed by atoms with E-state index in [2.05, 4.69) is 20.0 Å². The van der Waals surface area contributed by atoms with Gasteiger partial charge in [-0.3, -0.25) is 0 Å². The highest BCUT2D eigenvalue weighted by molar-refractivity contribution is 7.89. The molecule has 204 valence electrons. The van der Waals surface area contributed by atoms with Crippen molar-refractivity contribution < 1.29 is 31.0 Å². The molecule has 0 saturated carbocycles. The van der Waals surface area contributed by atoms with Gasteiger partial charge in [-0.2, -0.15) is 9.29 Å². The number of piperidine rings is 1. The SMILES string of the molecule is CNS(=O)(=O)c1cccc(OCCCN[C@H]2COC3(CCN(S(=O)(=O)c4nccc(OC)n4)CC3)C2)c1. The number of nitrogens with zero attached hydrogens (tertiary/aromatic N) is 3. The summed E-state index contributed by atoms with van der Waals surface area (Å²) in [6.45, 7) is 2.40. The van der Waals surface area contributed by atoms with Crippen LogP contribution in [0, 0.1) is 0 Å². The Bertz CT molecular complexity index is 1280. The number of hydrogen-bond donors (Lipinski definition) is 2. The predicted octanol–water partition coefficient (Wildman–Crippen LogP) is 0.764. The maximum Gasteiger partial charge on any atom is 0.278 e. The summed E-state index contributed by atoms with van der Waals surface area (Å²) in [7, 11) is -4.52. The second kappa shape index (κ2) is 11.6. The molecule has 3 heterocycles. The van der Waals surface area contributed by atoms with E-state index in [0.717, 1.165) is 12.8 Å². The number of ether oxygens (including phenoxy) is 3. The van der Waals surface area contributed by atoms with E-state index in [1.54, 1.807) is 12.1 Å². The van der Waals surface area contributed by atoms with Gasteiger partial charge < -0.3 is 19.5 Å². The molecule has 0 unspecified atom stereocenters. The molecule has 1 aromatic carbocycles. The van der Waals surface area contributed by atoms with Crippen LogP contribution in [0.4, 0.5) is 0 Å². The molecule has 0 aliphatic carbocycles. The first-order valence-electron chi connectivity index (χ1n) is 12.1. The van der Waals surface area contributed by atoms with Gasteiger partial charge in [-0.05, 0) is 51.4 Å². The number of sulfonamides is 2. The minimum Gasteiger partial charge on any atom is -0.494 e. The van der Waals surface area contributed by atoms with Crippen molar-refractivity contribution in [2.45, 2.75) is 47.4 Å². The van der Waals surface area contributed by atoms with E-state index in [1.165, 1.54) is 42.9 Å². The molecule has 2 aliphatic rings. The van der Waals surface area contributed by atoms with Gasteiger partial charge >= 0.3 is 0 Å². The number of hydrogen-bond acceptors (Lipinski definition) is 10. The van der Waals surface area contributed by atoms with Gasteiger partial charge in [0, 0.05) is 37.5 Å². The summed E-state index contributed by atoms with van der Waals surface area (Å²) in [6, 6.07) is 8.07. The molecule has 1 atom stereocenters. The molecular formula is C23H33N5O7S2. The van der Waals surface area contributed by atoms with Crippen molar-refractivity contribution in [2.24, 2.45) is 0 Å². The molecule has 2 N–H and O–H groups in total. The molecule has 2 aliphatic heterocycles. The third-order valence-corrected chi connectivity index (χ3v) is 9.75. The highest BCUT2D eigenvalue weighted by atomic mass is 32.2.